The minimum Gasteiger partial charge on any atom is -0.477 e. The van der Waals surface area contributed by atoms with Gasteiger partial charge in [0.25, 0.3) is 0 Å². The molecule has 88 valence electrons. The Labute approximate surface area is 97.5 Å². The smallest absolute Gasteiger partial charge is 0.347 e. The van der Waals surface area contributed by atoms with Gasteiger partial charge in [-0.3, -0.25) is 0 Å². The molecule has 2 N–H and O–H groups in total. The zero-order valence-corrected chi connectivity index (χ0v) is 9.63. The van der Waals surface area contributed by atoms with E-state index in [4.69, 9.17) is 9.84 Å². The number of hydrogen-bond donors (Lipinski definition) is 2. The number of aromatic carboxylic acids is 1. The zero-order chi connectivity index (χ0) is 11.4. The molecule has 0 bridgehead atoms. The fraction of sp³-hybridized carbons (Fsp3) is 0.600. The van der Waals surface area contributed by atoms with Crippen LogP contribution in [0.25, 0.3) is 0 Å². The monoisotopic (exact) mass is 242 g/mol. The average Bonchev–Trinajstić information content (AvgIpc) is 2.87. The minimum atomic E-state index is -0.926. The maximum atomic E-state index is 10.6. The van der Waals surface area contributed by atoms with Gasteiger partial charge in [0.05, 0.1) is 12.3 Å². The van der Waals surface area contributed by atoms with Gasteiger partial charge in [-0.15, -0.1) is 0 Å². The number of carboxylic acid groups (broad SMARTS) is 1. The summed E-state index contributed by atoms with van der Waals surface area (Å²) in [5.41, 5.74) is 0. The average molecular weight is 242 g/mol. The van der Waals surface area contributed by atoms with Crippen LogP contribution in [0, 0.1) is 0 Å². The lowest BCUT2D eigenvalue weighted by Gasteiger charge is -2.08. The lowest BCUT2D eigenvalue weighted by atomic mass is 10.2. The lowest BCUT2D eigenvalue weighted by Crippen LogP contribution is -2.12. The van der Waals surface area contributed by atoms with E-state index in [9.17, 15) is 4.79 Å². The van der Waals surface area contributed by atoms with Crippen LogP contribution in [0.15, 0.2) is 6.20 Å². The maximum Gasteiger partial charge on any atom is 0.347 e. The van der Waals surface area contributed by atoms with E-state index in [0.717, 1.165) is 43.8 Å². The molecule has 0 radical (unpaired) electrons. The molecule has 1 aliphatic heterocycles. The van der Waals surface area contributed by atoms with E-state index in [1.807, 2.05) is 0 Å². The molecule has 5 nitrogen and oxygen atoms in total. The Morgan fingerprint density at radius 1 is 1.75 bits per heavy atom. The van der Waals surface area contributed by atoms with Crippen molar-refractivity contribution in [3.8, 4) is 0 Å². The highest BCUT2D eigenvalue weighted by atomic mass is 32.1. The number of ether oxygens (including phenoxy) is 1. The topological polar surface area (TPSA) is 71.5 Å². The normalized spacial score (nSPS) is 19.9. The van der Waals surface area contributed by atoms with Crippen molar-refractivity contribution in [2.24, 2.45) is 0 Å². The van der Waals surface area contributed by atoms with Gasteiger partial charge in [-0.25, -0.2) is 9.78 Å². The zero-order valence-electron chi connectivity index (χ0n) is 8.81. The Morgan fingerprint density at radius 3 is 3.25 bits per heavy atom. The Bertz CT molecular complexity index is 361. The summed E-state index contributed by atoms with van der Waals surface area (Å²) >= 11 is 1.16. The van der Waals surface area contributed by atoms with E-state index in [-0.39, 0.29) is 4.88 Å². The maximum absolute atomic E-state index is 10.6. The van der Waals surface area contributed by atoms with Crippen LogP contribution in [0.3, 0.4) is 0 Å². The molecule has 0 aromatic carbocycles. The molecule has 16 heavy (non-hydrogen) atoms. The van der Waals surface area contributed by atoms with Gasteiger partial charge in [-0.2, -0.15) is 0 Å². The van der Waals surface area contributed by atoms with E-state index in [1.165, 1.54) is 6.20 Å². The molecular formula is C10H14N2O3S. The van der Waals surface area contributed by atoms with E-state index in [2.05, 4.69) is 10.3 Å². The fourth-order valence-corrected chi connectivity index (χ4v) is 2.35. The summed E-state index contributed by atoms with van der Waals surface area (Å²) in [5, 5.41) is 12.5. The molecule has 2 rings (SSSR count). The number of nitrogens with one attached hydrogen (secondary N) is 1. The molecule has 1 saturated heterocycles. The third kappa shape index (κ3) is 2.93. The van der Waals surface area contributed by atoms with Crippen molar-refractivity contribution in [1.29, 1.82) is 0 Å². The fourth-order valence-electron chi connectivity index (χ4n) is 1.67. The molecule has 1 aliphatic rings. The quantitative estimate of drug-likeness (QED) is 0.824. The predicted molar refractivity (Wildman–Crippen MR) is 61.2 cm³/mol. The summed E-state index contributed by atoms with van der Waals surface area (Å²) in [6, 6.07) is 0. The standard InChI is InChI=1S/C10H14N2O3S/c13-9(14)8-6-12-10(16-8)11-4-3-7-2-1-5-15-7/h6-7H,1-5H2,(H,11,12)(H,13,14). The predicted octanol–water partition coefficient (Wildman–Crippen LogP) is 1.82. The van der Waals surface area contributed by atoms with Gasteiger partial charge in [0, 0.05) is 13.2 Å². The summed E-state index contributed by atoms with van der Waals surface area (Å²) < 4.78 is 5.48. The van der Waals surface area contributed by atoms with Crippen molar-refractivity contribution in [3.05, 3.63) is 11.1 Å². The minimum absolute atomic E-state index is 0.264. The first-order valence-corrected chi connectivity index (χ1v) is 6.12. The van der Waals surface area contributed by atoms with E-state index < -0.39 is 5.97 Å². The molecular weight excluding hydrogens is 228 g/mol. The molecule has 0 amide bonds. The molecule has 0 aliphatic carbocycles. The van der Waals surface area contributed by atoms with Crippen molar-refractivity contribution in [2.75, 3.05) is 18.5 Å². The van der Waals surface area contributed by atoms with Gasteiger partial charge in [0.1, 0.15) is 4.88 Å². The van der Waals surface area contributed by atoms with Gasteiger partial charge in [-0.1, -0.05) is 11.3 Å². The van der Waals surface area contributed by atoms with Crippen LogP contribution in [-0.4, -0.2) is 35.3 Å². The van der Waals surface area contributed by atoms with Gasteiger partial charge >= 0.3 is 5.97 Å². The van der Waals surface area contributed by atoms with Gasteiger partial charge in [0.2, 0.25) is 0 Å². The van der Waals surface area contributed by atoms with Crippen LogP contribution in [0.2, 0.25) is 0 Å². The van der Waals surface area contributed by atoms with Crippen LogP contribution < -0.4 is 5.32 Å². The number of carboxylic acids is 1. The number of aromatic nitrogens is 1. The second-order valence-corrected chi connectivity index (χ2v) is 4.72. The third-order valence-electron chi connectivity index (χ3n) is 2.48. The highest BCUT2D eigenvalue weighted by Crippen LogP contribution is 2.19. The first-order chi connectivity index (χ1) is 7.75. The van der Waals surface area contributed by atoms with Crippen LogP contribution in [0.4, 0.5) is 5.13 Å². The molecule has 1 aromatic rings. The molecule has 1 aromatic heterocycles. The summed E-state index contributed by atoms with van der Waals surface area (Å²) in [4.78, 5) is 14.9. The molecule has 1 unspecified atom stereocenters. The second-order valence-electron chi connectivity index (χ2n) is 3.69. The molecule has 2 heterocycles. The van der Waals surface area contributed by atoms with E-state index >= 15 is 0 Å². The Balaban J connectivity index is 1.74. The summed E-state index contributed by atoms with van der Waals surface area (Å²) in [7, 11) is 0. The van der Waals surface area contributed by atoms with Crippen molar-refractivity contribution >= 4 is 22.4 Å². The summed E-state index contributed by atoms with van der Waals surface area (Å²) in [5.74, 6) is -0.926. The van der Waals surface area contributed by atoms with Gasteiger partial charge in [-0.05, 0) is 19.3 Å². The van der Waals surface area contributed by atoms with Gasteiger partial charge < -0.3 is 15.2 Å². The van der Waals surface area contributed by atoms with Crippen molar-refractivity contribution in [3.63, 3.8) is 0 Å². The third-order valence-corrected chi connectivity index (χ3v) is 3.43. The van der Waals surface area contributed by atoms with Crippen molar-refractivity contribution in [2.45, 2.75) is 25.4 Å². The molecule has 6 heteroatoms. The number of anilines is 1. The largest absolute Gasteiger partial charge is 0.477 e. The first kappa shape index (κ1) is 11.3. The SMILES string of the molecule is O=C(O)c1cnc(NCCC2CCCO2)s1. The number of carbonyl (C=O) groups is 1. The number of thiazole rings is 1. The Morgan fingerprint density at radius 2 is 2.62 bits per heavy atom. The number of rotatable bonds is 5. The summed E-state index contributed by atoms with van der Waals surface area (Å²) in [6.45, 7) is 1.64. The van der Waals surface area contributed by atoms with Crippen LogP contribution in [0.1, 0.15) is 28.9 Å². The van der Waals surface area contributed by atoms with Crippen molar-refractivity contribution < 1.29 is 14.6 Å². The van der Waals surface area contributed by atoms with Crippen LogP contribution in [-0.2, 0) is 4.74 Å². The van der Waals surface area contributed by atoms with Gasteiger partial charge in [0.15, 0.2) is 5.13 Å². The number of nitrogens with zero attached hydrogens (tertiary/aromatic N) is 1. The molecule has 0 spiro atoms. The Hall–Kier alpha value is -1.14. The lowest BCUT2D eigenvalue weighted by molar-refractivity contribution is 0.0702. The highest BCUT2D eigenvalue weighted by Gasteiger charge is 2.15. The molecule has 0 saturated carbocycles. The van der Waals surface area contributed by atoms with Crippen LogP contribution >= 0.6 is 11.3 Å². The molecule has 1 atom stereocenters. The van der Waals surface area contributed by atoms with Crippen LogP contribution in [0.5, 0.6) is 0 Å². The highest BCUT2D eigenvalue weighted by molar-refractivity contribution is 7.17. The first-order valence-electron chi connectivity index (χ1n) is 5.30. The van der Waals surface area contributed by atoms with E-state index in [1.54, 1.807) is 0 Å². The van der Waals surface area contributed by atoms with Crippen molar-refractivity contribution in [1.82, 2.24) is 4.98 Å². The number of hydrogen-bond acceptors (Lipinski definition) is 5. The summed E-state index contributed by atoms with van der Waals surface area (Å²) in [6.07, 6.45) is 4.94. The second kappa shape index (κ2) is 5.27. The van der Waals surface area contributed by atoms with E-state index in [0.29, 0.717) is 11.2 Å². The Kier molecular flexibility index (Phi) is 3.74. The molecule has 1 fully saturated rings.